The molecule has 0 aliphatic heterocycles. The summed E-state index contributed by atoms with van der Waals surface area (Å²) in [7, 11) is -4.79. The van der Waals surface area contributed by atoms with E-state index in [-0.39, 0.29) is 25.2 Å². The number of allylic oxidation sites excluding steroid dienone is 10. The molecule has 0 saturated heterocycles. The third kappa shape index (κ3) is 38.5. The number of esters is 2. The second-order valence-electron chi connectivity index (χ2n) is 12.9. The van der Waals surface area contributed by atoms with Crippen LogP contribution in [0.4, 0.5) is 0 Å². The lowest BCUT2D eigenvalue weighted by atomic mass is 10.1. The Balaban J connectivity index is 4.12. The molecule has 0 aliphatic rings. The summed E-state index contributed by atoms with van der Waals surface area (Å²) in [5.74, 6) is -0.842. The van der Waals surface area contributed by atoms with Crippen molar-refractivity contribution in [3.8, 4) is 0 Å². The molecular formula is C41H69O9P. The summed E-state index contributed by atoms with van der Waals surface area (Å²) in [5, 5.41) is 0. The van der Waals surface area contributed by atoms with E-state index in [0.717, 1.165) is 70.6 Å². The van der Waals surface area contributed by atoms with Gasteiger partial charge in [0.2, 0.25) is 0 Å². The number of carbonyl (C=O) groups excluding carboxylic acids is 3. The molecule has 292 valence electrons. The van der Waals surface area contributed by atoms with Crippen LogP contribution in [-0.2, 0) is 32.9 Å². The lowest BCUT2D eigenvalue weighted by molar-refractivity contribution is -0.161. The summed E-state index contributed by atoms with van der Waals surface area (Å²) in [4.78, 5) is 54.4. The standard InChI is InChI=1S/C41H69O9P/c1-3-5-7-8-9-10-11-12-13-14-15-16-17-20-24-27-31-35-41(44)50-39(37-49-51(45,46)47)36-48-40(43)34-30-26-23-21-18-19-22-25-29-33-38(42)32-28-6-4-2/h12-13,15-16,20,22,24-25,29,33,39H,3-11,14,17-19,21,23,26-28,30-32,34-37H2,1-2H3,(H2,45,46,47)/b13-12-,16-15-,24-20-,25-22-,33-29+/t39-/m1/s1. The van der Waals surface area contributed by atoms with Crippen molar-refractivity contribution in [2.75, 3.05) is 13.2 Å². The highest BCUT2D eigenvalue weighted by molar-refractivity contribution is 7.46. The molecule has 0 saturated carbocycles. The largest absolute Gasteiger partial charge is 0.469 e. The molecule has 0 rings (SSSR count). The quantitative estimate of drug-likeness (QED) is 0.0163. The van der Waals surface area contributed by atoms with Crippen LogP contribution in [0.2, 0.25) is 0 Å². The fourth-order valence-corrected chi connectivity index (χ4v) is 5.38. The Kier molecular flexibility index (Phi) is 34.0. The van der Waals surface area contributed by atoms with E-state index < -0.39 is 32.5 Å². The first-order valence-electron chi connectivity index (χ1n) is 19.5. The third-order valence-electron chi connectivity index (χ3n) is 7.99. The number of rotatable bonds is 35. The fourth-order valence-electron chi connectivity index (χ4n) is 5.02. The number of phosphoric acid groups is 1. The SMILES string of the molecule is CCCCCCCC/C=C\C/C=C\C/C=C\CCCC(=O)O[C@H](COC(=O)CCCCCCC/C=C\C=C\C(=O)CCCCC)COP(=O)(O)O. The first-order chi connectivity index (χ1) is 24.7. The Morgan fingerprint density at radius 3 is 1.73 bits per heavy atom. The maximum Gasteiger partial charge on any atom is 0.469 e. The van der Waals surface area contributed by atoms with Crippen molar-refractivity contribution in [1.29, 1.82) is 0 Å². The van der Waals surface area contributed by atoms with Gasteiger partial charge in [-0.3, -0.25) is 18.9 Å². The molecule has 0 aromatic heterocycles. The maximum atomic E-state index is 12.3. The summed E-state index contributed by atoms with van der Waals surface area (Å²) in [6.45, 7) is 3.44. The summed E-state index contributed by atoms with van der Waals surface area (Å²) in [5.41, 5.74) is 0. The van der Waals surface area contributed by atoms with Gasteiger partial charge in [0.05, 0.1) is 6.61 Å². The molecule has 0 aromatic carbocycles. The molecule has 10 heteroatoms. The highest BCUT2D eigenvalue weighted by atomic mass is 31.2. The molecule has 9 nitrogen and oxygen atoms in total. The first kappa shape index (κ1) is 48.4. The zero-order valence-electron chi connectivity index (χ0n) is 31.7. The van der Waals surface area contributed by atoms with Crippen molar-refractivity contribution < 1.29 is 42.7 Å². The number of phosphoric ester groups is 1. The molecule has 51 heavy (non-hydrogen) atoms. The van der Waals surface area contributed by atoms with Crippen molar-refractivity contribution in [2.45, 2.75) is 168 Å². The van der Waals surface area contributed by atoms with Gasteiger partial charge < -0.3 is 19.3 Å². The van der Waals surface area contributed by atoms with Gasteiger partial charge in [-0.15, -0.1) is 0 Å². The summed E-state index contributed by atoms with van der Waals surface area (Å²) >= 11 is 0. The van der Waals surface area contributed by atoms with Crippen molar-refractivity contribution in [3.05, 3.63) is 60.8 Å². The van der Waals surface area contributed by atoms with Crippen LogP contribution in [0, 0.1) is 0 Å². The summed E-state index contributed by atoms with van der Waals surface area (Å²) < 4.78 is 26.2. The number of ether oxygens (including phenoxy) is 2. The molecule has 0 aromatic rings. The lowest BCUT2D eigenvalue weighted by Crippen LogP contribution is -2.29. The second-order valence-corrected chi connectivity index (χ2v) is 14.2. The minimum Gasteiger partial charge on any atom is -0.462 e. The Morgan fingerprint density at radius 2 is 1.08 bits per heavy atom. The van der Waals surface area contributed by atoms with Crippen LogP contribution in [0.5, 0.6) is 0 Å². The van der Waals surface area contributed by atoms with E-state index >= 15 is 0 Å². The van der Waals surface area contributed by atoms with Gasteiger partial charge in [0.15, 0.2) is 11.9 Å². The smallest absolute Gasteiger partial charge is 0.462 e. The van der Waals surface area contributed by atoms with Gasteiger partial charge in [-0.25, -0.2) is 4.57 Å². The molecular weight excluding hydrogens is 667 g/mol. The van der Waals surface area contributed by atoms with Crippen LogP contribution < -0.4 is 0 Å². The minimum absolute atomic E-state index is 0.120. The van der Waals surface area contributed by atoms with Crippen molar-refractivity contribution in [1.82, 2.24) is 0 Å². The third-order valence-corrected chi connectivity index (χ3v) is 8.47. The Labute approximate surface area is 309 Å². The monoisotopic (exact) mass is 736 g/mol. The minimum atomic E-state index is -4.79. The molecule has 0 amide bonds. The molecule has 0 radical (unpaired) electrons. The molecule has 2 N–H and O–H groups in total. The molecule has 0 unspecified atom stereocenters. The molecule has 0 aliphatic carbocycles. The Hall–Kier alpha value is -2.58. The van der Waals surface area contributed by atoms with Crippen LogP contribution in [-0.4, -0.2) is 46.8 Å². The van der Waals surface area contributed by atoms with Gasteiger partial charge in [0.25, 0.3) is 0 Å². The van der Waals surface area contributed by atoms with Gasteiger partial charge in [-0.1, -0.05) is 133 Å². The molecule has 1 atom stereocenters. The van der Waals surface area contributed by atoms with Crippen molar-refractivity contribution >= 4 is 25.5 Å². The predicted molar refractivity (Wildman–Crippen MR) is 207 cm³/mol. The number of unbranched alkanes of at least 4 members (excludes halogenated alkanes) is 14. The number of hydrogen-bond acceptors (Lipinski definition) is 7. The van der Waals surface area contributed by atoms with E-state index in [0.29, 0.717) is 25.7 Å². The van der Waals surface area contributed by atoms with Crippen molar-refractivity contribution in [2.24, 2.45) is 0 Å². The number of carbonyl (C=O) groups is 3. The van der Waals surface area contributed by atoms with Crippen LogP contribution in [0.25, 0.3) is 0 Å². The van der Waals surface area contributed by atoms with Crippen LogP contribution in [0.15, 0.2) is 60.8 Å². The Bertz CT molecular complexity index is 1070. The average molecular weight is 737 g/mol. The van der Waals surface area contributed by atoms with E-state index in [4.69, 9.17) is 19.3 Å². The highest BCUT2D eigenvalue weighted by Crippen LogP contribution is 2.36. The van der Waals surface area contributed by atoms with E-state index in [2.05, 4.69) is 54.8 Å². The second kappa shape index (κ2) is 35.8. The topological polar surface area (TPSA) is 136 Å². The molecule has 0 spiro atoms. The molecule has 0 bridgehead atoms. The van der Waals surface area contributed by atoms with Crippen LogP contribution in [0.1, 0.15) is 162 Å². The van der Waals surface area contributed by atoms with Gasteiger partial charge in [0.1, 0.15) is 6.61 Å². The zero-order chi connectivity index (χ0) is 37.7. The van der Waals surface area contributed by atoms with E-state index in [1.54, 1.807) is 12.2 Å². The summed E-state index contributed by atoms with van der Waals surface area (Å²) in [6.07, 6.45) is 40.7. The molecule has 0 heterocycles. The summed E-state index contributed by atoms with van der Waals surface area (Å²) in [6, 6.07) is 0. The van der Waals surface area contributed by atoms with E-state index in [1.807, 2.05) is 12.2 Å². The van der Waals surface area contributed by atoms with Crippen LogP contribution >= 0.6 is 7.82 Å². The first-order valence-corrected chi connectivity index (χ1v) is 21.1. The Morgan fingerprint density at radius 1 is 0.569 bits per heavy atom. The normalized spacial score (nSPS) is 13.0. The molecule has 0 fully saturated rings. The predicted octanol–water partition coefficient (Wildman–Crippen LogP) is 10.9. The number of ketones is 1. The van der Waals surface area contributed by atoms with Gasteiger partial charge in [-0.2, -0.15) is 0 Å². The van der Waals surface area contributed by atoms with Crippen molar-refractivity contribution in [3.63, 3.8) is 0 Å². The van der Waals surface area contributed by atoms with Gasteiger partial charge in [-0.05, 0) is 70.3 Å². The van der Waals surface area contributed by atoms with Gasteiger partial charge in [0, 0.05) is 19.3 Å². The fraction of sp³-hybridized carbons (Fsp3) is 0.683. The van der Waals surface area contributed by atoms with E-state index in [1.165, 1.54) is 38.5 Å². The number of hydrogen-bond donors (Lipinski definition) is 2. The lowest BCUT2D eigenvalue weighted by Gasteiger charge is -2.18. The zero-order valence-corrected chi connectivity index (χ0v) is 32.6. The maximum absolute atomic E-state index is 12.3. The average Bonchev–Trinajstić information content (AvgIpc) is 3.09. The van der Waals surface area contributed by atoms with Gasteiger partial charge >= 0.3 is 19.8 Å². The van der Waals surface area contributed by atoms with Crippen LogP contribution in [0.3, 0.4) is 0 Å². The van der Waals surface area contributed by atoms with E-state index in [9.17, 15) is 18.9 Å². The highest BCUT2D eigenvalue weighted by Gasteiger charge is 2.22.